The third-order valence-corrected chi connectivity index (χ3v) is 5.25. The molecule has 29 heavy (non-hydrogen) atoms. The molecule has 1 heterocycles. The molecule has 2 aromatic rings. The summed E-state index contributed by atoms with van der Waals surface area (Å²) in [5, 5.41) is 12.1. The van der Waals surface area contributed by atoms with Crippen molar-refractivity contribution in [3.63, 3.8) is 0 Å². The molecule has 3 rings (SSSR count). The Morgan fingerprint density at radius 3 is 2.52 bits per heavy atom. The van der Waals surface area contributed by atoms with Crippen LogP contribution < -0.4 is 10.2 Å². The van der Waals surface area contributed by atoms with Gasteiger partial charge in [-0.2, -0.15) is 0 Å². The molecule has 0 aliphatic carbocycles. The van der Waals surface area contributed by atoms with Crippen LogP contribution in [-0.2, 0) is 0 Å². The fraction of sp³-hybridized carbons (Fsp3) is 0.318. The first-order valence-corrected chi connectivity index (χ1v) is 9.70. The van der Waals surface area contributed by atoms with Crippen LogP contribution in [-0.4, -0.2) is 68.2 Å². The number of anilines is 1. The summed E-state index contributed by atoms with van der Waals surface area (Å²) in [5.41, 5.74) is 1.76. The molecule has 0 bridgehead atoms. The SMILES string of the molecule is C=CN(C=N)c1ccc2c3c(cccc13)C(=O)N(CCN(C)CCCNC)C2=O. The second kappa shape index (κ2) is 8.98. The summed E-state index contributed by atoms with van der Waals surface area (Å²) >= 11 is 0. The van der Waals surface area contributed by atoms with Gasteiger partial charge in [0, 0.05) is 41.2 Å². The Hall–Kier alpha value is -3.03. The van der Waals surface area contributed by atoms with Gasteiger partial charge in [-0.15, -0.1) is 0 Å². The fourth-order valence-corrected chi connectivity index (χ4v) is 3.69. The van der Waals surface area contributed by atoms with Crippen molar-refractivity contribution in [3.05, 3.63) is 54.2 Å². The summed E-state index contributed by atoms with van der Waals surface area (Å²) in [5.74, 6) is -0.539. The lowest BCUT2D eigenvalue weighted by molar-refractivity contribution is 0.0597. The number of amides is 2. The molecule has 0 saturated heterocycles. The first-order chi connectivity index (χ1) is 14.0. The first-order valence-electron chi connectivity index (χ1n) is 9.70. The summed E-state index contributed by atoms with van der Waals surface area (Å²) in [4.78, 5) is 31.2. The zero-order valence-electron chi connectivity index (χ0n) is 16.9. The van der Waals surface area contributed by atoms with E-state index < -0.39 is 0 Å². The Morgan fingerprint density at radius 2 is 1.86 bits per heavy atom. The van der Waals surface area contributed by atoms with Crippen molar-refractivity contribution in [3.8, 4) is 0 Å². The molecule has 0 radical (unpaired) electrons. The van der Waals surface area contributed by atoms with Gasteiger partial charge < -0.3 is 15.1 Å². The minimum Gasteiger partial charge on any atom is -0.320 e. The maximum Gasteiger partial charge on any atom is 0.261 e. The van der Waals surface area contributed by atoms with Crippen LogP contribution in [0.15, 0.2) is 43.1 Å². The second-order valence-electron chi connectivity index (χ2n) is 7.10. The maximum atomic E-state index is 13.1. The molecule has 0 fully saturated rings. The Balaban J connectivity index is 1.91. The molecule has 2 amide bonds. The summed E-state index contributed by atoms with van der Waals surface area (Å²) in [6.45, 7) is 6.53. The molecular weight excluding hydrogens is 366 g/mol. The lowest BCUT2D eigenvalue weighted by Crippen LogP contribution is -2.44. The fourth-order valence-electron chi connectivity index (χ4n) is 3.69. The van der Waals surface area contributed by atoms with Gasteiger partial charge >= 0.3 is 0 Å². The second-order valence-corrected chi connectivity index (χ2v) is 7.10. The van der Waals surface area contributed by atoms with E-state index in [9.17, 15) is 9.59 Å². The summed E-state index contributed by atoms with van der Waals surface area (Å²) in [7, 11) is 3.92. The number of carbonyl (C=O) groups excluding carboxylic acids is 2. The molecule has 1 aliphatic heterocycles. The number of nitrogens with one attached hydrogen (secondary N) is 2. The van der Waals surface area contributed by atoms with Crippen molar-refractivity contribution >= 4 is 34.6 Å². The third kappa shape index (κ3) is 3.92. The van der Waals surface area contributed by atoms with Crippen LogP contribution in [0.25, 0.3) is 10.8 Å². The molecule has 0 atom stereocenters. The highest BCUT2D eigenvalue weighted by molar-refractivity contribution is 6.27. The number of carbonyl (C=O) groups is 2. The number of rotatable bonds is 10. The van der Waals surface area contributed by atoms with Crippen molar-refractivity contribution in [2.75, 3.05) is 45.2 Å². The molecule has 152 valence electrons. The Labute approximate surface area is 171 Å². The highest BCUT2D eigenvalue weighted by Gasteiger charge is 2.33. The van der Waals surface area contributed by atoms with E-state index in [1.165, 1.54) is 11.1 Å². The van der Waals surface area contributed by atoms with Crippen LogP contribution in [0.3, 0.4) is 0 Å². The summed E-state index contributed by atoms with van der Waals surface area (Å²) < 4.78 is 0. The predicted molar refractivity (Wildman–Crippen MR) is 117 cm³/mol. The van der Waals surface area contributed by atoms with Gasteiger partial charge in [-0.3, -0.25) is 19.9 Å². The van der Waals surface area contributed by atoms with E-state index in [2.05, 4.69) is 16.8 Å². The van der Waals surface area contributed by atoms with Gasteiger partial charge in [-0.05, 0) is 51.8 Å². The average Bonchev–Trinajstić information content (AvgIpc) is 2.73. The van der Waals surface area contributed by atoms with Gasteiger partial charge in [0.2, 0.25) is 0 Å². The quantitative estimate of drug-likeness (QED) is 0.281. The van der Waals surface area contributed by atoms with Crippen molar-refractivity contribution < 1.29 is 9.59 Å². The maximum absolute atomic E-state index is 13.1. The van der Waals surface area contributed by atoms with E-state index in [1.54, 1.807) is 23.1 Å². The number of hydrogen-bond acceptors (Lipinski definition) is 5. The lowest BCUT2D eigenvalue weighted by Gasteiger charge is -2.30. The number of hydrogen-bond donors (Lipinski definition) is 2. The number of likely N-dealkylation sites (N-methyl/N-ethyl adjacent to an activating group) is 1. The van der Waals surface area contributed by atoms with Gasteiger partial charge in [0.15, 0.2) is 0 Å². The molecule has 0 spiro atoms. The molecule has 2 N–H and O–H groups in total. The topological polar surface area (TPSA) is 79.7 Å². The van der Waals surface area contributed by atoms with Gasteiger partial charge in [-0.25, -0.2) is 0 Å². The zero-order valence-corrected chi connectivity index (χ0v) is 16.9. The smallest absolute Gasteiger partial charge is 0.261 e. The van der Waals surface area contributed by atoms with E-state index in [0.29, 0.717) is 35.3 Å². The van der Waals surface area contributed by atoms with Crippen LogP contribution in [0.2, 0.25) is 0 Å². The van der Waals surface area contributed by atoms with E-state index >= 15 is 0 Å². The standard InChI is InChI=1S/C22H27N5O2/c1-4-26(15-23)19-10-9-18-20-16(19)7-5-8-17(20)21(28)27(22(18)29)14-13-25(3)12-6-11-24-2/h4-5,7-10,15,23-24H,1,6,11-14H2,2-3H3. The highest BCUT2D eigenvalue weighted by atomic mass is 16.2. The molecule has 7 nitrogen and oxygen atoms in total. The summed E-state index contributed by atoms with van der Waals surface area (Å²) in [6, 6.07) is 8.97. The molecule has 0 saturated carbocycles. The van der Waals surface area contributed by atoms with E-state index in [1.807, 2.05) is 26.2 Å². The number of benzene rings is 2. The molecule has 0 unspecified atom stereocenters. The van der Waals surface area contributed by atoms with Crippen LogP contribution in [0, 0.1) is 5.41 Å². The van der Waals surface area contributed by atoms with Crippen LogP contribution in [0.5, 0.6) is 0 Å². The first kappa shape index (κ1) is 20.7. The molecular formula is C22H27N5O2. The van der Waals surface area contributed by atoms with Crippen LogP contribution in [0.1, 0.15) is 27.1 Å². The van der Waals surface area contributed by atoms with Crippen LogP contribution in [0.4, 0.5) is 5.69 Å². The molecule has 1 aliphatic rings. The largest absolute Gasteiger partial charge is 0.320 e. The van der Waals surface area contributed by atoms with Crippen molar-refractivity contribution in [2.45, 2.75) is 6.42 Å². The van der Waals surface area contributed by atoms with Crippen LogP contribution >= 0.6 is 0 Å². The number of nitrogens with zero attached hydrogens (tertiary/aromatic N) is 3. The Morgan fingerprint density at radius 1 is 1.14 bits per heavy atom. The van der Waals surface area contributed by atoms with Crippen molar-refractivity contribution in [2.24, 2.45) is 0 Å². The zero-order chi connectivity index (χ0) is 21.0. The van der Waals surface area contributed by atoms with Crippen molar-refractivity contribution in [1.29, 1.82) is 5.41 Å². The highest BCUT2D eigenvalue weighted by Crippen LogP contribution is 2.35. The lowest BCUT2D eigenvalue weighted by atomic mass is 9.92. The average molecular weight is 393 g/mol. The Kier molecular flexibility index (Phi) is 6.41. The Bertz CT molecular complexity index is 925. The summed E-state index contributed by atoms with van der Waals surface area (Å²) in [6.07, 6.45) is 3.69. The van der Waals surface area contributed by atoms with E-state index in [-0.39, 0.29) is 11.8 Å². The minimum absolute atomic E-state index is 0.270. The van der Waals surface area contributed by atoms with Gasteiger partial charge in [0.05, 0.1) is 12.0 Å². The van der Waals surface area contributed by atoms with E-state index in [0.717, 1.165) is 31.2 Å². The molecule has 2 aromatic carbocycles. The predicted octanol–water partition coefficient (Wildman–Crippen LogP) is 2.53. The molecule has 0 aromatic heterocycles. The molecule has 7 heteroatoms. The van der Waals surface area contributed by atoms with Gasteiger partial charge in [0.1, 0.15) is 0 Å². The third-order valence-electron chi connectivity index (χ3n) is 5.25. The monoisotopic (exact) mass is 393 g/mol. The van der Waals surface area contributed by atoms with Gasteiger partial charge in [0.25, 0.3) is 11.8 Å². The van der Waals surface area contributed by atoms with Gasteiger partial charge in [-0.1, -0.05) is 18.7 Å². The minimum atomic E-state index is -0.270. The normalized spacial score (nSPS) is 13.3. The number of imide groups is 1. The van der Waals surface area contributed by atoms with Crippen molar-refractivity contribution in [1.82, 2.24) is 15.1 Å². The van der Waals surface area contributed by atoms with E-state index in [4.69, 9.17) is 5.41 Å².